The molecule has 1 N–H and O–H groups in total. The SMILES string of the molecule is CC(Cc1ccccc1C1CCN(C)C1)C(=O)O. The lowest BCUT2D eigenvalue weighted by Crippen LogP contribution is -2.16. The van der Waals surface area contributed by atoms with Crippen LogP contribution in [0.5, 0.6) is 0 Å². The van der Waals surface area contributed by atoms with Gasteiger partial charge < -0.3 is 10.0 Å². The van der Waals surface area contributed by atoms with E-state index in [1.807, 2.05) is 6.07 Å². The molecule has 0 amide bonds. The fraction of sp³-hybridized carbons (Fsp3) is 0.533. The van der Waals surface area contributed by atoms with Gasteiger partial charge in [-0.2, -0.15) is 0 Å². The van der Waals surface area contributed by atoms with Gasteiger partial charge in [-0.05, 0) is 43.5 Å². The van der Waals surface area contributed by atoms with Crippen LogP contribution in [0.2, 0.25) is 0 Å². The number of nitrogens with zero attached hydrogens (tertiary/aromatic N) is 1. The average molecular weight is 247 g/mol. The van der Waals surface area contributed by atoms with Crippen LogP contribution in [0.1, 0.15) is 30.4 Å². The Balaban J connectivity index is 2.17. The van der Waals surface area contributed by atoms with Gasteiger partial charge in [0, 0.05) is 6.54 Å². The van der Waals surface area contributed by atoms with E-state index in [0.717, 1.165) is 13.1 Å². The van der Waals surface area contributed by atoms with Crippen LogP contribution in [-0.4, -0.2) is 36.1 Å². The number of likely N-dealkylation sites (N-methyl/N-ethyl adjacent to an activating group) is 1. The number of hydrogen-bond acceptors (Lipinski definition) is 2. The zero-order chi connectivity index (χ0) is 13.1. The lowest BCUT2D eigenvalue weighted by Gasteiger charge is -2.17. The van der Waals surface area contributed by atoms with E-state index < -0.39 is 5.97 Å². The third-order valence-electron chi connectivity index (χ3n) is 3.83. The molecule has 1 aromatic carbocycles. The molecule has 0 saturated carbocycles. The predicted molar refractivity (Wildman–Crippen MR) is 71.8 cm³/mol. The summed E-state index contributed by atoms with van der Waals surface area (Å²) in [7, 11) is 2.14. The highest BCUT2D eigenvalue weighted by atomic mass is 16.4. The largest absolute Gasteiger partial charge is 0.481 e. The molecule has 2 atom stereocenters. The van der Waals surface area contributed by atoms with Gasteiger partial charge in [-0.25, -0.2) is 0 Å². The number of carbonyl (C=O) groups is 1. The zero-order valence-corrected chi connectivity index (χ0v) is 11.1. The van der Waals surface area contributed by atoms with Gasteiger partial charge in [0.1, 0.15) is 0 Å². The van der Waals surface area contributed by atoms with Crippen molar-refractivity contribution in [3.63, 3.8) is 0 Å². The molecule has 1 heterocycles. The summed E-state index contributed by atoms with van der Waals surface area (Å²) in [6.45, 7) is 3.99. The van der Waals surface area contributed by atoms with Crippen molar-refractivity contribution < 1.29 is 9.90 Å². The van der Waals surface area contributed by atoms with Crippen LogP contribution in [-0.2, 0) is 11.2 Å². The molecule has 2 unspecified atom stereocenters. The van der Waals surface area contributed by atoms with Gasteiger partial charge in [-0.3, -0.25) is 4.79 Å². The first kappa shape index (κ1) is 13.1. The number of rotatable bonds is 4. The molecule has 2 rings (SSSR count). The van der Waals surface area contributed by atoms with Gasteiger partial charge in [0.15, 0.2) is 0 Å². The third-order valence-corrected chi connectivity index (χ3v) is 3.83. The lowest BCUT2D eigenvalue weighted by atomic mass is 9.89. The van der Waals surface area contributed by atoms with Crippen LogP contribution in [0.3, 0.4) is 0 Å². The number of carboxylic acids is 1. The molecule has 98 valence electrons. The molecule has 0 aromatic heterocycles. The number of aliphatic carboxylic acids is 1. The monoisotopic (exact) mass is 247 g/mol. The van der Waals surface area contributed by atoms with Crippen LogP contribution in [0.25, 0.3) is 0 Å². The smallest absolute Gasteiger partial charge is 0.306 e. The van der Waals surface area contributed by atoms with Gasteiger partial charge in [0.25, 0.3) is 0 Å². The molecular weight excluding hydrogens is 226 g/mol. The van der Waals surface area contributed by atoms with E-state index in [4.69, 9.17) is 5.11 Å². The molecule has 0 bridgehead atoms. The molecule has 0 spiro atoms. The molecule has 1 aromatic rings. The Bertz CT molecular complexity index is 430. The van der Waals surface area contributed by atoms with E-state index in [1.54, 1.807) is 6.92 Å². The summed E-state index contributed by atoms with van der Waals surface area (Å²) in [6.07, 6.45) is 1.81. The van der Waals surface area contributed by atoms with E-state index in [1.165, 1.54) is 17.5 Å². The Labute approximate surface area is 108 Å². The van der Waals surface area contributed by atoms with Crippen molar-refractivity contribution >= 4 is 5.97 Å². The van der Waals surface area contributed by atoms with Crippen LogP contribution in [0, 0.1) is 5.92 Å². The van der Waals surface area contributed by atoms with Crippen molar-refractivity contribution in [2.45, 2.75) is 25.7 Å². The Hall–Kier alpha value is -1.35. The normalized spacial score (nSPS) is 22.0. The Morgan fingerprint density at radius 3 is 2.83 bits per heavy atom. The van der Waals surface area contributed by atoms with Gasteiger partial charge in [-0.15, -0.1) is 0 Å². The van der Waals surface area contributed by atoms with Crippen LogP contribution < -0.4 is 0 Å². The molecule has 18 heavy (non-hydrogen) atoms. The minimum Gasteiger partial charge on any atom is -0.481 e. The van der Waals surface area contributed by atoms with Crippen molar-refractivity contribution in [3.8, 4) is 0 Å². The second-order valence-electron chi connectivity index (χ2n) is 5.39. The minimum atomic E-state index is -0.714. The van der Waals surface area contributed by atoms with E-state index in [2.05, 4.69) is 30.1 Å². The van der Waals surface area contributed by atoms with Crippen molar-refractivity contribution in [3.05, 3.63) is 35.4 Å². The third kappa shape index (κ3) is 2.91. The molecule has 1 aliphatic heterocycles. The summed E-state index contributed by atoms with van der Waals surface area (Å²) in [4.78, 5) is 13.3. The highest BCUT2D eigenvalue weighted by Crippen LogP contribution is 2.29. The van der Waals surface area contributed by atoms with Gasteiger partial charge in [-0.1, -0.05) is 31.2 Å². The van der Waals surface area contributed by atoms with Gasteiger partial charge in [0.05, 0.1) is 5.92 Å². The van der Waals surface area contributed by atoms with Crippen LogP contribution in [0.15, 0.2) is 24.3 Å². The molecule has 0 radical (unpaired) electrons. The maximum Gasteiger partial charge on any atom is 0.306 e. The van der Waals surface area contributed by atoms with Crippen molar-refractivity contribution in [1.29, 1.82) is 0 Å². The average Bonchev–Trinajstić information content (AvgIpc) is 2.76. The van der Waals surface area contributed by atoms with Crippen molar-refractivity contribution in [2.24, 2.45) is 5.92 Å². The molecule has 3 heteroatoms. The van der Waals surface area contributed by atoms with E-state index >= 15 is 0 Å². The second-order valence-corrected chi connectivity index (χ2v) is 5.39. The summed E-state index contributed by atoms with van der Waals surface area (Å²) in [6, 6.07) is 8.30. The minimum absolute atomic E-state index is 0.315. The molecule has 1 aliphatic rings. The highest BCUT2D eigenvalue weighted by Gasteiger charge is 2.24. The lowest BCUT2D eigenvalue weighted by molar-refractivity contribution is -0.141. The van der Waals surface area contributed by atoms with E-state index in [0.29, 0.717) is 12.3 Å². The zero-order valence-electron chi connectivity index (χ0n) is 11.1. The van der Waals surface area contributed by atoms with E-state index in [-0.39, 0.29) is 5.92 Å². The Kier molecular flexibility index (Phi) is 4.02. The number of benzene rings is 1. The molecule has 3 nitrogen and oxygen atoms in total. The molecule has 0 aliphatic carbocycles. The van der Waals surface area contributed by atoms with E-state index in [9.17, 15) is 4.79 Å². The maximum atomic E-state index is 11.0. The first-order valence-corrected chi connectivity index (χ1v) is 6.57. The summed E-state index contributed by atoms with van der Waals surface area (Å²) < 4.78 is 0. The van der Waals surface area contributed by atoms with Crippen LogP contribution in [0.4, 0.5) is 0 Å². The van der Waals surface area contributed by atoms with Crippen LogP contribution >= 0.6 is 0 Å². The summed E-state index contributed by atoms with van der Waals surface area (Å²) in [5.74, 6) is -0.467. The molecular formula is C15H21NO2. The number of carboxylic acid groups (broad SMARTS) is 1. The number of likely N-dealkylation sites (tertiary alicyclic amines) is 1. The van der Waals surface area contributed by atoms with Gasteiger partial charge >= 0.3 is 5.97 Å². The van der Waals surface area contributed by atoms with Crippen molar-refractivity contribution in [1.82, 2.24) is 4.90 Å². The maximum absolute atomic E-state index is 11.0. The molecule has 1 fully saturated rings. The Morgan fingerprint density at radius 2 is 2.22 bits per heavy atom. The predicted octanol–water partition coefficient (Wildman–Crippen LogP) is 2.37. The fourth-order valence-corrected chi connectivity index (χ4v) is 2.72. The van der Waals surface area contributed by atoms with Gasteiger partial charge in [0.2, 0.25) is 0 Å². The quantitative estimate of drug-likeness (QED) is 0.888. The highest BCUT2D eigenvalue weighted by molar-refractivity contribution is 5.70. The first-order valence-electron chi connectivity index (χ1n) is 6.57. The Morgan fingerprint density at radius 1 is 1.50 bits per heavy atom. The molecule has 1 saturated heterocycles. The standard InChI is InChI=1S/C15H21NO2/c1-11(15(17)18)9-12-5-3-4-6-14(12)13-7-8-16(2)10-13/h3-6,11,13H,7-10H2,1-2H3,(H,17,18). The first-order chi connectivity index (χ1) is 8.58. The summed E-state index contributed by atoms with van der Waals surface area (Å²) in [5, 5.41) is 9.03. The topological polar surface area (TPSA) is 40.5 Å². The summed E-state index contributed by atoms with van der Waals surface area (Å²) >= 11 is 0. The fourth-order valence-electron chi connectivity index (χ4n) is 2.72. The second kappa shape index (κ2) is 5.53. The summed E-state index contributed by atoms with van der Waals surface area (Å²) in [5.41, 5.74) is 2.54. The number of hydrogen-bond donors (Lipinski definition) is 1. The van der Waals surface area contributed by atoms with Crippen molar-refractivity contribution in [2.75, 3.05) is 20.1 Å².